The highest BCUT2D eigenvalue weighted by Crippen LogP contribution is 2.40. The lowest BCUT2D eigenvalue weighted by Gasteiger charge is -2.14. The Morgan fingerprint density at radius 2 is 1.92 bits per heavy atom. The second kappa shape index (κ2) is 6.49. The van der Waals surface area contributed by atoms with Crippen molar-refractivity contribution in [2.75, 3.05) is 26.1 Å². The van der Waals surface area contributed by atoms with Gasteiger partial charge in [-0.3, -0.25) is 0 Å². The first-order chi connectivity index (χ1) is 12.0. The molecule has 1 aromatic carbocycles. The van der Waals surface area contributed by atoms with Gasteiger partial charge in [0, 0.05) is 25.0 Å². The molecule has 0 unspecified atom stereocenters. The van der Waals surface area contributed by atoms with E-state index in [0.29, 0.717) is 16.4 Å². The van der Waals surface area contributed by atoms with E-state index >= 15 is 0 Å². The smallest absolute Gasteiger partial charge is 0.337 e. The van der Waals surface area contributed by atoms with E-state index in [9.17, 15) is 4.79 Å². The monoisotopic (exact) mass is 352 g/mol. The molecule has 3 rings (SSSR count). The van der Waals surface area contributed by atoms with E-state index in [4.69, 9.17) is 11.3 Å². The Labute approximate surface area is 149 Å². The Balaban J connectivity index is 2.17. The number of methoxy groups -OCH3 is 1. The molecule has 7 heteroatoms. The highest BCUT2D eigenvalue weighted by Gasteiger charge is 2.18. The Morgan fingerprint density at radius 1 is 1.24 bits per heavy atom. The topological polar surface area (TPSA) is 59.7 Å². The molecule has 25 heavy (non-hydrogen) atoms. The summed E-state index contributed by atoms with van der Waals surface area (Å²) in [4.78, 5) is 27.2. The standard InChI is InChI=1S/C18H16N4O2S/c1-10-13-15(22(3)4)20-14(21-17(13)25-16(10)19-2)11-6-8-12(9-7-11)18(23)24-5/h6-9H,1,3-5H3. The van der Waals surface area contributed by atoms with Crippen LogP contribution >= 0.6 is 11.3 Å². The molecule has 0 N–H and O–H groups in total. The van der Waals surface area contributed by atoms with Crippen molar-refractivity contribution < 1.29 is 9.53 Å². The first-order valence-electron chi connectivity index (χ1n) is 7.51. The lowest BCUT2D eigenvalue weighted by atomic mass is 10.1. The normalized spacial score (nSPS) is 10.5. The first kappa shape index (κ1) is 16.9. The maximum absolute atomic E-state index is 11.6. The highest BCUT2D eigenvalue weighted by molar-refractivity contribution is 7.22. The molecule has 2 heterocycles. The van der Waals surface area contributed by atoms with Crippen LogP contribution in [0.15, 0.2) is 24.3 Å². The van der Waals surface area contributed by atoms with Crippen LogP contribution in [0.4, 0.5) is 10.8 Å². The van der Waals surface area contributed by atoms with Crippen LogP contribution in [0.5, 0.6) is 0 Å². The maximum Gasteiger partial charge on any atom is 0.337 e. The molecule has 0 saturated heterocycles. The molecule has 2 aromatic heterocycles. The Hall–Kier alpha value is -2.98. The fraction of sp³-hybridized carbons (Fsp3) is 0.222. The van der Waals surface area contributed by atoms with Crippen LogP contribution in [0, 0.1) is 13.5 Å². The summed E-state index contributed by atoms with van der Waals surface area (Å²) in [6, 6.07) is 6.97. The minimum Gasteiger partial charge on any atom is -0.465 e. The molecular weight excluding hydrogens is 336 g/mol. The van der Waals surface area contributed by atoms with Crippen LogP contribution in [0.3, 0.4) is 0 Å². The van der Waals surface area contributed by atoms with E-state index in [1.807, 2.05) is 25.9 Å². The summed E-state index contributed by atoms with van der Waals surface area (Å²) in [7, 11) is 5.19. The van der Waals surface area contributed by atoms with Crippen LogP contribution in [-0.4, -0.2) is 37.1 Å². The molecule has 0 aliphatic rings. The summed E-state index contributed by atoms with van der Waals surface area (Å²) in [6.07, 6.45) is 0. The van der Waals surface area contributed by atoms with E-state index in [1.54, 1.807) is 24.3 Å². The molecule has 0 aliphatic heterocycles. The van der Waals surface area contributed by atoms with Gasteiger partial charge in [-0.15, -0.1) is 11.3 Å². The van der Waals surface area contributed by atoms with Gasteiger partial charge in [-0.2, -0.15) is 0 Å². The van der Waals surface area contributed by atoms with Gasteiger partial charge in [0.25, 0.3) is 0 Å². The molecule has 126 valence electrons. The third-order valence-corrected chi connectivity index (χ3v) is 4.91. The van der Waals surface area contributed by atoms with Crippen molar-refractivity contribution >= 4 is 38.3 Å². The first-order valence-corrected chi connectivity index (χ1v) is 8.32. The Kier molecular flexibility index (Phi) is 4.38. The van der Waals surface area contributed by atoms with Crippen LogP contribution < -0.4 is 4.90 Å². The number of nitrogens with zero attached hydrogens (tertiary/aromatic N) is 4. The van der Waals surface area contributed by atoms with Crippen molar-refractivity contribution in [2.45, 2.75) is 6.92 Å². The van der Waals surface area contributed by atoms with Gasteiger partial charge in [0.15, 0.2) is 5.82 Å². The second-order valence-electron chi connectivity index (χ2n) is 5.66. The highest BCUT2D eigenvalue weighted by atomic mass is 32.1. The quantitative estimate of drug-likeness (QED) is 0.525. The van der Waals surface area contributed by atoms with Gasteiger partial charge in [0.2, 0.25) is 5.00 Å². The van der Waals surface area contributed by atoms with E-state index in [-0.39, 0.29) is 5.97 Å². The summed E-state index contributed by atoms with van der Waals surface area (Å²) >= 11 is 1.37. The number of esters is 1. The number of carbonyl (C=O) groups excluding carboxylic acids is 1. The van der Waals surface area contributed by atoms with Crippen LogP contribution in [0.2, 0.25) is 0 Å². The van der Waals surface area contributed by atoms with E-state index in [2.05, 4.69) is 14.8 Å². The number of thiophene rings is 1. The molecule has 0 atom stereocenters. The number of rotatable bonds is 3. The molecule has 0 radical (unpaired) electrons. The number of aromatic nitrogens is 2. The van der Waals surface area contributed by atoms with Crippen molar-refractivity contribution in [2.24, 2.45) is 0 Å². The van der Waals surface area contributed by atoms with Gasteiger partial charge >= 0.3 is 5.97 Å². The number of anilines is 1. The predicted octanol–water partition coefficient (Wildman–Crippen LogP) is 4.07. The van der Waals surface area contributed by atoms with Gasteiger partial charge in [-0.05, 0) is 24.6 Å². The zero-order valence-corrected chi connectivity index (χ0v) is 15.1. The summed E-state index contributed by atoms with van der Waals surface area (Å²) in [6.45, 7) is 9.25. The molecule has 0 aliphatic carbocycles. The fourth-order valence-electron chi connectivity index (χ4n) is 2.54. The number of fused-ring (bicyclic) bond motifs is 1. The average Bonchev–Trinajstić information content (AvgIpc) is 2.96. The van der Waals surface area contributed by atoms with E-state index < -0.39 is 0 Å². The van der Waals surface area contributed by atoms with Gasteiger partial charge in [0.1, 0.15) is 10.6 Å². The van der Waals surface area contributed by atoms with Crippen molar-refractivity contribution in [3.63, 3.8) is 0 Å². The Morgan fingerprint density at radius 3 is 2.48 bits per heavy atom. The second-order valence-corrected chi connectivity index (χ2v) is 6.64. The number of carbonyl (C=O) groups is 1. The van der Waals surface area contributed by atoms with Gasteiger partial charge in [0.05, 0.1) is 19.2 Å². The van der Waals surface area contributed by atoms with Crippen molar-refractivity contribution in [1.82, 2.24) is 9.97 Å². The van der Waals surface area contributed by atoms with Crippen molar-refractivity contribution in [3.8, 4) is 11.4 Å². The molecule has 0 bridgehead atoms. The fourth-order valence-corrected chi connectivity index (χ4v) is 3.50. The molecule has 0 spiro atoms. The summed E-state index contributed by atoms with van der Waals surface area (Å²) in [5.74, 6) is 0.957. The van der Waals surface area contributed by atoms with E-state index in [1.165, 1.54) is 18.4 Å². The predicted molar refractivity (Wildman–Crippen MR) is 99.5 cm³/mol. The third kappa shape index (κ3) is 2.92. The number of benzene rings is 1. The Bertz CT molecular complexity index is 1000. The molecule has 0 fully saturated rings. The largest absolute Gasteiger partial charge is 0.465 e. The van der Waals surface area contributed by atoms with Crippen molar-refractivity contribution in [1.29, 1.82) is 0 Å². The lowest BCUT2D eigenvalue weighted by Crippen LogP contribution is -2.12. The van der Waals surface area contributed by atoms with Crippen molar-refractivity contribution in [3.05, 3.63) is 46.8 Å². The zero-order chi connectivity index (χ0) is 18.1. The number of aryl methyl sites for hydroxylation is 1. The number of hydrogen-bond donors (Lipinski definition) is 0. The summed E-state index contributed by atoms with van der Waals surface area (Å²) in [5.41, 5.74) is 2.18. The minimum atomic E-state index is -0.382. The van der Waals surface area contributed by atoms with Gasteiger partial charge in [-0.25, -0.2) is 19.6 Å². The minimum absolute atomic E-state index is 0.382. The molecule has 0 amide bonds. The molecule has 0 saturated carbocycles. The zero-order valence-electron chi connectivity index (χ0n) is 14.3. The van der Waals surface area contributed by atoms with E-state index in [0.717, 1.165) is 27.2 Å². The number of ether oxygens (including phenoxy) is 1. The number of hydrogen-bond acceptors (Lipinski definition) is 6. The maximum atomic E-state index is 11.6. The third-order valence-electron chi connectivity index (χ3n) is 3.84. The van der Waals surface area contributed by atoms with Crippen LogP contribution in [0.1, 0.15) is 15.9 Å². The molecular formula is C18H16N4O2S. The SMILES string of the molecule is [C-]#[N+]c1sc2nc(-c3ccc(C(=O)OC)cc3)nc(N(C)C)c2c1C. The lowest BCUT2D eigenvalue weighted by molar-refractivity contribution is 0.0601. The van der Waals surface area contributed by atoms with Crippen LogP contribution in [0.25, 0.3) is 26.4 Å². The summed E-state index contributed by atoms with van der Waals surface area (Å²) in [5, 5.41) is 1.54. The van der Waals surface area contributed by atoms with Gasteiger partial charge in [-0.1, -0.05) is 12.1 Å². The molecule has 6 nitrogen and oxygen atoms in total. The summed E-state index contributed by atoms with van der Waals surface area (Å²) < 4.78 is 4.71. The molecule has 3 aromatic rings. The van der Waals surface area contributed by atoms with Crippen LogP contribution in [-0.2, 0) is 4.74 Å². The van der Waals surface area contributed by atoms with Gasteiger partial charge < -0.3 is 9.64 Å². The average molecular weight is 352 g/mol.